The summed E-state index contributed by atoms with van der Waals surface area (Å²) in [5, 5.41) is 3.20. The minimum atomic E-state index is -0.256. The van der Waals surface area contributed by atoms with E-state index < -0.39 is 0 Å². The van der Waals surface area contributed by atoms with E-state index in [1.54, 1.807) is 6.07 Å². The van der Waals surface area contributed by atoms with Crippen LogP contribution < -0.4 is 5.32 Å². The van der Waals surface area contributed by atoms with Crippen molar-refractivity contribution < 1.29 is 13.9 Å². The number of benzene rings is 1. The molecule has 1 aromatic carbocycles. The minimum Gasteiger partial charge on any atom is -0.379 e. The zero-order valence-corrected chi connectivity index (χ0v) is 16.2. The molecule has 2 aliphatic rings. The molecular weight excluding hydrogens is 345 g/mol. The van der Waals surface area contributed by atoms with Crippen LogP contribution >= 0.6 is 0 Å². The molecule has 2 fully saturated rings. The fraction of sp³-hybridized carbons (Fsp3) is 0.667. The van der Waals surface area contributed by atoms with Crippen molar-refractivity contribution in [1.29, 1.82) is 0 Å². The van der Waals surface area contributed by atoms with E-state index in [0.29, 0.717) is 13.1 Å². The van der Waals surface area contributed by atoms with Crippen LogP contribution in [0.15, 0.2) is 24.3 Å². The average Bonchev–Trinajstić information content (AvgIpc) is 2.69. The molecule has 1 heterocycles. The first-order chi connectivity index (χ1) is 13.2. The molecule has 0 unspecified atom stereocenters. The van der Waals surface area contributed by atoms with Gasteiger partial charge in [-0.3, -0.25) is 4.90 Å². The van der Waals surface area contributed by atoms with Crippen LogP contribution in [0.1, 0.15) is 44.1 Å². The lowest BCUT2D eigenvalue weighted by molar-refractivity contribution is 0.0364. The van der Waals surface area contributed by atoms with E-state index in [4.69, 9.17) is 4.74 Å². The third-order valence-corrected chi connectivity index (χ3v) is 5.49. The second-order valence-corrected chi connectivity index (χ2v) is 7.64. The Kier molecular flexibility index (Phi) is 7.90. The third-order valence-electron chi connectivity index (χ3n) is 5.49. The number of carbonyl (C=O) groups is 1. The topological polar surface area (TPSA) is 44.8 Å². The second-order valence-electron chi connectivity index (χ2n) is 7.64. The fourth-order valence-corrected chi connectivity index (χ4v) is 3.93. The van der Waals surface area contributed by atoms with Crippen molar-refractivity contribution >= 4 is 6.03 Å². The predicted molar refractivity (Wildman–Crippen MR) is 104 cm³/mol. The lowest BCUT2D eigenvalue weighted by Gasteiger charge is -2.30. The maximum absolute atomic E-state index is 13.5. The third kappa shape index (κ3) is 6.78. The van der Waals surface area contributed by atoms with Crippen LogP contribution in [0.5, 0.6) is 0 Å². The number of nitrogens with one attached hydrogen (secondary N) is 1. The summed E-state index contributed by atoms with van der Waals surface area (Å²) < 4.78 is 18.9. The summed E-state index contributed by atoms with van der Waals surface area (Å²) in [4.78, 5) is 17.1. The summed E-state index contributed by atoms with van der Waals surface area (Å²) in [6.07, 6.45) is 6.67. The van der Waals surface area contributed by atoms with Crippen molar-refractivity contribution in [1.82, 2.24) is 15.1 Å². The zero-order valence-electron chi connectivity index (χ0n) is 16.2. The van der Waals surface area contributed by atoms with Crippen molar-refractivity contribution in [2.75, 3.05) is 39.4 Å². The Morgan fingerprint density at radius 2 is 2.00 bits per heavy atom. The fourth-order valence-electron chi connectivity index (χ4n) is 3.93. The van der Waals surface area contributed by atoms with Gasteiger partial charge < -0.3 is 15.0 Å². The van der Waals surface area contributed by atoms with E-state index >= 15 is 0 Å². The van der Waals surface area contributed by atoms with E-state index in [1.807, 2.05) is 11.0 Å². The van der Waals surface area contributed by atoms with Gasteiger partial charge in [0, 0.05) is 38.8 Å². The molecule has 27 heavy (non-hydrogen) atoms. The van der Waals surface area contributed by atoms with Gasteiger partial charge in [-0.1, -0.05) is 31.4 Å². The van der Waals surface area contributed by atoms with Crippen LogP contribution in [0.2, 0.25) is 0 Å². The summed E-state index contributed by atoms with van der Waals surface area (Å²) in [7, 11) is 0. The van der Waals surface area contributed by atoms with Crippen molar-refractivity contribution in [3.63, 3.8) is 0 Å². The highest BCUT2D eigenvalue weighted by Crippen LogP contribution is 2.18. The molecule has 1 saturated carbocycles. The van der Waals surface area contributed by atoms with Gasteiger partial charge in [-0.05, 0) is 37.0 Å². The number of rotatable bonds is 7. The summed E-state index contributed by atoms with van der Waals surface area (Å²) in [6, 6.07) is 6.80. The standard InChI is InChI=1S/C21H32FN3O2/c22-19-7-4-6-18(16-19)17-25(11-5-10-24-12-14-27-15-13-24)21(26)23-20-8-2-1-3-9-20/h4,6-7,16,20H,1-3,5,8-15,17H2,(H,23,26). The highest BCUT2D eigenvalue weighted by molar-refractivity contribution is 5.74. The molecule has 1 aromatic rings. The Bertz CT molecular complexity index is 587. The molecule has 0 spiro atoms. The van der Waals surface area contributed by atoms with Crippen molar-refractivity contribution in [2.45, 2.75) is 51.1 Å². The van der Waals surface area contributed by atoms with E-state index in [0.717, 1.165) is 57.7 Å². The second kappa shape index (κ2) is 10.6. The number of nitrogens with zero attached hydrogens (tertiary/aromatic N) is 2. The van der Waals surface area contributed by atoms with Gasteiger partial charge in [-0.25, -0.2) is 9.18 Å². The Hall–Kier alpha value is -1.66. The number of hydrogen-bond acceptors (Lipinski definition) is 3. The monoisotopic (exact) mass is 377 g/mol. The Morgan fingerprint density at radius 1 is 1.22 bits per heavy atom. The molecular formula is C21H32FN3O2. The highest BCUT2D eigenvalue weighted by Gasteiger charge is 2.20. The normalized spacial score (nSPS) is 19.0. The van der Waals surface area contributed by atoms with Crippen LogP contribution in [0, 0.1) is 5.82 Å². The smallest absolute Gasteiger partial charge is 0.317 e. The molecule has 1 aliphatic heterocycles. The molecule has 0 bridgehead atoms. The van der Waals surface area contributed by atoms with Crippen molar-refractivity contribution in [3.8, 4) is 0 Å². The number of amides is 2. The Labute approximate surface area is 161 Å². The minimum absolute atomic E-state index is 0.0202. The first-order valence-electron chi connectivity index (χ1n) is 10.3. The van der Waals surface area contributed by atoms with Crippen LogP contribution in [0.3, 0.4) is 0 Å². The molecule has 0 aromatic heterocycles. The van der Waals surface area contributed by atoms with Crippen LogP contribution in [0.25, 0.3) is 0 Å². The Morgan fingerprint density at radius 3 is 2.74 bits per heavy atom. The summed E-state index contributed by atoms with van der Waals surface area (Å²) >= 11 is 0. The zero-order chi connectivity index (χ0) is 18.9. The number of halogens is 1. The van der Waals surface area contributed by atoms with Gasteiger partial charge in [-0.2, -0.15) is 0 Å². The van der Waals surface area contributed by atoms with Gasteiger partial charge >= 0.3 is 6.03 Å². The predicted octanol–water partition coefficient (Wildman–Crippen LogP) is 3.39. The molecule has 0 radical (unpaired) electrons. The van der Waals surface area contributed by atoms with Crippen LogP contribution in [-0.2, 0) is 11.3 Å². The molecule has 150 valence electrons. The first-order valence-corrected chi connectivity index (χ1v) is 10.3. The van der Waals surface area contributed by atoms with E-state index in [1.165, 1.54) is 31.4 Å². The van der Waals surface area contributed by atoms with Crippen molar-refractivity contribution in [3.05, 3.63) is 35.6 Å². The van der Waals surface area contributed by atoms with E-state index in [2.05, 4.69) is 10.2 Å². The van der Waals surface area contributed by atoms with Gasteiger partial charge in [-0.15, -0.1) is 0 Å². The number of morpholine rings is 1. The van der Waals surface area contributed by atoms with E-state index in [-0.39, 0.29) is 17.9 Å². The highest BCUT2D eigenvalue weighted by atomic mass is 19.1. The van der Waals surface area contributed by atoms with Gasteiger partial charge in [0.05, 0.1) is 13.2 Å². The number of hydrogen-bond donors (Lipinski definition) is 1. The maximum atomic E-state index is 13.5. The molecule has 5 nitrogen and oxygen atoms in total. The molecule has 1 N–H and O–H groups in total. The van der Waals surface area contributed by atoms with Gasteiger partial charge in [0.15, 0.2) is 0 Å². The maximum Gasteiger partial charge on any atom is 0.317 e. The molecule has 0 atom stereocenters. The quantitative estimate of drug-likeness (QED) is 0.792. The van der Waals surface area contributed by atoms with Gasteiger partial charge in [0.2, 0.25) is 0 Å². The summed E-state index contributed by atoms with van der Waals surface area (Å²) in [5.41, 5.74) is 0.833. The number of urea groups is 1. The largest absolute Gasteiger partial charge is 0.379 e. The summed E-state index contributed by atoms with van der Waals surface area (Å²) in [6.45, 7) is 5.56. The lowest BCUT2D eigenvalue weighted by Crippen LogP contribution is -2.46. The van der Waals surface area contributed by atoms with Crippen LogP contribution in [0.4, 0.5) is 9.18 Å². The van der Waals surface area contributed by atoms with Crippen LogP contribution in [-0.4, -0.2) is 61.3 Å². The van der Waals surface area contributed by atoms with Crippen molar-refractivity contribution in [2.24, 2.45) is 0 Å². The SMILES string of the molecule is O=C(NC1CCCCC1)N(CCCN1CCOCC1)Cc1cccc(F)c1. The summed E-state index contributed by atoms with van der Waals surface area (Å²) in [5.74, 6) is -0.256. The molecule has 1 saturated heterocycles. The van der Waals surface area contributed by atoms with Gasteiger partial charge in [0.1, 0.15) is 5.82 Å². The Balaban J connectivity index is 1.55. The number of ether oxygens (including phenoxy) is 1. The van der Waals surface area contributed by atoms with Gasteiger partial charge in [0.25, 0.3) is 0 Å². The number of carbonyl (C=O) groups excluding carboxylic acids is 1. The lowest BCUT2D eigenvalue weighted by atomic mass is 9.96. The molecule has 1 aliphatic carbocycles. The molecule has 2 amide bonds. The average molecular weight is 378 g/mol. The molecule has 3 rings (SSSR count). The molecule has 6 heteroatoms. The first kappa shape index (κ1) is 20.1. The van der Waals surface area contributed by atoms with E-state index in [9.17, 15) is 9.18 Å².